The van der Waals surface area contributed by atoms with Gasteiger partial charge in [0.05, 0.1) is 12.7 Å². The molecule has 0 bridgehead atoms. The minimum absolute atomic E-state index is 0.253. The van der Waals surface area contributed by atoms with Crippen LogP contribution >= 0.6 is 0 Å². The number of hydrogen-bond acceptors (Lipinski definition) is 5. The average Bonchev–Trinajstić information content (AvgIpc) is 2.35. The first kappa shape index (κ1) is 13.9. The van der Waals surface area contributed by atoms with Crippen LogP contribution in [-0.2, 0) is 0 Å². The summed E-state index contributed by atoms with van der Waals surface area (Å²) in [6, 6.07) is 0.405. The third-order valence-corrected chi connectivity index (χ3v) is 3.20. The van der Waals surface area contributed by atoms with Crippen molar-refractivity contribution in [2.24, 2.45) is 0 Å². The first-order valence-electron chi connectivity index (χ1n) is 6.03. The van der Waals surface area contributed by atoms with Crippen LogP contribution in [0.15, 0.2) is 0 Å². The molecule has 1 aliphatic rings. The molecule has 0 aromatic carbocycles. The lowest BCUT2D eigenvalue weighted by Crippen LogP contribution is -2.47. The maximum atomic E-state index is 9.57. The van der Waals surface area contributed by atoms with E-state index in [9.17, 15) is 10.2 Å². The predicted molar refractivity (Wildman–Crippen MR) is 60.0 cm³/mol. The highest BCUT2D eigenvalue weighted by Crippen LogP contribution is 2.17. The smallest absolute Gasteiger partial charge is 0.109 e. The second kappa shape index (κ2) is 7.19. The van der Waals surface area contributed by atoms with Crippen molar-refractivity contribution in [3.63, 3.8) is 0 Å². The van der Waals surface area contributed by atoms with Crippen LogP contribution in [0.25, 0.3) is 0 Å². The fourth-order valence-corrected chi connectivity index (χ4v) is 2.08. The molecule has 0 radical (unpaired) electrons. The van der Waals surface area contributed by atoms with Crippen molar-refractivity contribution in [1.82, 2.24) is 5.32 Å². The van der Waals surface area contributed by atoms with E-state index in [0.717, 1.165) is 12.8 Å². The summed E-state index contributed by atoms with van der Waals surface area (Å²) in [5.41, 5.74) is 0. The summed E-state index contributed by atoms with van der Waals surface area (Å²) < 4.78 is 0. The van der Waals surface area contributed by atoms with E-state index in [2.05, 4.69) is 5.32 Å². The quantitative estimate of drug-likeness (QED) is 0.405. The Kier molecular flexibility index (Phi) is 6.23. The highest BCUT2D eigenvalue weighted by molar-refractivity contribution is 4.79. The highest BCUT2D eigenvalue weighted by atomic mass is 16.4. The maximum absolute atomic E-state index is 9.57. The van der Waals surface area contributed by atoms with Crippen molar-refractivity contribution >= 4 is 0 Å². The average molecular weight is 233 g/mol. The SMILES string of the molecule is OC[C@@H](O)[C@H](O)[C@H](O)CNC1CCCCC1. The molecule has 0 aliphatic heterocycles. The lowest BCUT2D eigenvalue weighted by Gasteiger charge is -2.27. The minimum Gasteiger partial charge on any atom is -0.394 e. The first-order valence-corrected chi connectivity index (χ1v) is 6.03. The Morgan fingerprint density at radius 1 is 1.00 bits per heavy atom. The van der Waals surface area contributed by atoms with Gasteiger partial charge < -0.3 is 25.7 Å². The number of aliphatic hydroxyl groups is 4. The van der Waals surface area contributed by atoms with Crippen LogP contribution in [-0.4, -0.2) is 57.9 Å². The van der Waals surface area contributed by atoms with Gasteiger partial charge in [-0.2, -0.15) is 0 Å². The van der Waals surface area contributed by atoms with Gasteiger partial charge in [-0.25, -0.2) is 0 Å². The van der Waals surface area contributed by atoms with Crippen LogP contribution in [0.1, 0.15) is 32.1 Å². The van der Waals surface area contributed by atoms with Crippen molar-refractivity contribution in [1.29, 1.82) is 0 Å². The molecule has 0 heterocycles. The largest absolute Gasteiger partial charge is 0.394 e. The molecular weight excluding hydrogens is 210 g/mol. The lowest BCUT2D eigenvalue weighted by molar-refractivity contribution is -0.0757. The zero-order valence-corrected chi connectivity index (χ0v) is 9.55. The summed E-state index contributed by atoms with van der Waals surface area (Å²) in [4.78, 5) is 0. The van der Waals surface area contributed by atoms with Gasteiger partial charge in [0.2, 0.25) is 0 Å². The van der Waals surface area contributed by atoms with Gasteiger partial charge in [-0.05, 0) is 12.8 Å². The topological polar surface area (TPSA) is 93.0 Å². The van der Waals surface area contributed by atoms with Gasteiger partial charge in [-0.15, -0.1) is 0 Å². The second-order valence-electron chi connectivity index (χ2n) is 4.55. The Labute approximate surface area is 96.1 Å². The summed E-state index contributed by atoms with van der Waals surface area (Å²) in [7, 11) is 0. The molecule has 0 aromatic rings. The number of rotatable bonds is 6. The van der Waals surface area contributed by atoms with E-state index in [1.54, 1.807) is 0 Å². The van der Waals surface area contributed by atoms with Crippen LogP contribution in [0.3, 0.4) is 0 Å². The van der Waals surface area contributed by atoms with Gasteiger partial charge in [-0.3, -0.25) is 0 Å². The van der Waals surface area contributed by atoms with Crippen LogP contribution in [0.5, 0.6) is 0 Å². The first-order chi connectivity index (χ1) is 7.65. The summed E-state index contributed by atoms with van der Waals surface area (Å²) in [5.74, 6) is 0. The number of aliphatic hydroxyl groups excluding tert-OH is 4. The van der Waals surface area contributed by atoms with E-state index in [-0.39, 0.29) is 6.54 Å². The number of nitrogens with one attached hydrogen (secondary N) is 1. The molecule has 0 amide bonds. The molecule has 1 saturated carbocycles. The molecule has 0 saturated heterocycles. The molecule has 5 nitrogen and oxygen atoms in total. The van der Waals surface area contributed by atoms with E-state index in [4.69, 9.17) is 10.2 Å². The fourth-order valence-electron chi connectivity index (χ4n) is 2.08. The Morgan fingerprint density at radius 2 is 1.62 bits per heavy atom. The molecule has 16 heavy (non-hydrogen) atoms. The third-order valence-electron chi connectivity index (χ3n) is 3.20. The molecular formula is C11H23NO4. The summed E-state index contributed by atoms with van der Waals surface area (Å²) >= 11 is 0. The van der Waals surface area contributed by atoms with Crippen molar-refractivity contribution in [2.75, 3.05) is 13.2 Å². The Balaban J connectivity index is 2.20. The van der Waals surface area contributed by atoms with Crippen LogP contribution in [0.2, 0.25) is 0 Å². The summed E-state index contributed by atoms with van der Waals surface area (Å²) in [6.07, 6.45) is 2.28. The molecule has 1 aliphatic carbocycles. The summed E-state index contributed by atoms with van der Waals surface area (Å²) in [6.45, 7) is -0.287. The van der Waals surface area contributed by atoms with Crippen molar-refractivity contribution < 1.29 is 20.4 Å². The minimum atomic E-state index is -1.29. The Hall–Kier alpha value is -0.200. The lowest BCUT2D eigenvalue weighted by atomic mass is 9.95. The monoisotopic (exact) mass is 233 g/mol. The molecule has 1 fully saturated rings. The van der Waals surface area contributed by atoms with Crippen molar-refractivity contribution in [2.45, 2.75) is 56.5 Å². The van der Waals surface area contributed by atoms with E-state index >= 15 is 0 Å². The summed E-state index contributed by atoms with van der Waals surface area (Å²) in [5, 5.41) is 39.9. The van der Waals surface area contributed by atoms with Gasteiger partial charge in [0, 0.05) is 12.6 Å². The fraction of sp³-hybridized carbons (Fsp3) is 1.00. The molecule has 3 atom stereocenters. The highest BCUT2D eigenvalue weighted by Gasteiger charge is 2.24. The molecule has 1 rings (SSSR count). The molecule has 0 spiro atoms. The predicted octanol–water partition coefficient (Wildman–Crippen LogP) is -1.02. The van der Waals surface area contributed by atoms with E-state index in [1.165, 1.54) is 19.3 Å². The zero-order chi connectivity index (χ0) is 12.0. The number of hydrogen-bond donors (Lipinski definition) is 5. The van der Waals surface area contributed by atoms with Gasteiger partial charge in [0.25, 0.3) is 0 Å². The van der Waals surface area contributed by atoms with Crippen LogP contribution in [0, 0.1) is 0 Å². The molecule has 96 valence electrons. The third kappa shape index (κ3) is 4.35. The second-order valence-corrected chi connectivity index (χ2v) is 4.55. The normalized spacial score (nSPS) is 24.0. The molecule has 5 N–H and O–H groups in total. The van der Waals surface area contributed by atoms with E-state index < -0.39 is 24.9 Å². The molecule has 0 aromatic heterocycles. The van der Waals surface area contributed by atoms with Crippen molar-refractivity contribution in [3.8, 4) is 0 Å². The maximum Gasteiger partial charge on any atom is 0.109 e. The van der Waals surface area contributed by atoms with Gasteiger partial charge >= 0.3 is 0 Å². The van der Waals surface area contributed by atoms with Crippen molar-refractivity contribution in [3.05, 3.63) is 0 Å². The Morgan fingerprint density at radius 3 is 2.19 bits per heavy atom. The van der Waals surface area contributed by atoms with E-state index in [0.29, 0.717) is 6.04 Å². The van der Waals surface area contributed by atoms with Crippen LogP contribution in [0.4, 0.5) is 0 Å². The standard InChI is InChI=1S/C11H23NO4/c13-7-10(15)11(16)9(14)6-12-8-4-2-1-3-5-8/h8-16H,1-7H2/t9-,10-,11-/m1/s1. The zero-order valence-electron chi connectivity index (χ0n) is 9.55. The van der Waals surface area contributed by atoms with Gasteiger partial charge in [0.1, 0.15) is 12.2 Å². The Bertz CT molecular complexity index is 185. The van der Waals surface area contributed by atoms with Crippen LogP contribution < -0.4 is 5.32 Å². The van der Waals surface area contributed by atoms with E-state index in [1.807, 2.05) is 0 Å². The van der Waals surface area contributed by atoms with Gasteiger partial charge in [0.15, 0.2) is 0 Å². The van der Waals surface area contributed by atoms with Gasteiger partial charge in [-0.1, -0.05) is 19.3 Å². The molecule has 0 unspecified atom stereocenters. The molecule has 5 heteroatoms.